The maximum atomic E-state index is 13.3. The van der Waals surface area contributed by atoms with Crippen LogP contribution in [0.1, 0.15) is 19.3 Å². The Kier molecular flexibility index (Phi) is 5.36. The molecule has 1 saturated heterocycles. The Morgan fingerprint density at radius 1 is 1.16 bits per heavy atom. The van der Waals surface area contributed by atoms with Gasteiger partial charge in [0.05, 0.1) is 11.5 Å². The Morgan fingerprint density at radius 3 is 2.72 bits per heavy atom. The summed E-state index contributed by atoms with van der Waals surface area (Å²) >= 11 is 0. The van der Waals surface area contributed by atoms with Gasteiger partial charge in [-0.2, -0.15) is 4.31 Å². The predicted octanol–water partition coefficient (Wildman–Crippen LogP) is 2.48. The van der Waals surface area contributed by atoms with Gasteiger partial charge in [0.2, 0.25) is 10.0 Å². The van der Waals surface area contributed by atoms with Crippen molar-refractivity contribution in [2.45, 2.75) is 30.2 Å². The monoisotopic (exact) mass is 363 g/mol. The van der Waals surface area contributed by atoms with E-state index in [1.165, 1.54) is 4.31 Å². The topological polar surface area (TPSA) is 83.9 Å². The van der Waals surface area contributed by atoms with Gasteiger partial charge in [0, 0.05) is 18.0 Å². The van der Waals surface area contributed by atoms with Crippen molar-refractivity contribution in [3.63, 3.8) is 0 Å². The fraction of sp³-hybridized carbons (Fsp3) is 0.389. The lowest BCUT2D eigenvalue weighted by molar-refractivity contribution is -0.142. The molecule has 1 unspecified atom stereocenters. The molecule has 6 nitrogen and oxygen atoms in total. The summed E-state index contributed by atoms with van der Waals surface area (Å²) in [4.78, 5) is 10.9. The third kappa shape index (κ3) is 3.84. The lowest BCUT2D eigenvalue weighted by Gasteiger charge is -2.34. The van der Waals surface area contributed by atoms with Crippen LogP contribution in [0.2, 0.25) is 0 Å². The zero-order chi connectivity index (χ0) is 17.9. The maximum absolute atomic E-state index is 13.3. The predicted molar refractivity (Wildman–Crippen MR) is 93.9 cm³/mol. The molecule has 1 fully saturated rings. The zero-order valence-corrected chi connectivity index (χ0v) is 14.6. The Bertz CT molecular complexity index is 859. The zero-order valence-electron chi connectivity index (χ0n) is 13.8. The van der Waals surface area contributed by atoms with Gasteiger partial charge in [-0.3, -0.25) is 0 Å². The van der Waals surface area contributed by atoms with Gasteiger partial charge < -0.3 is 9.84 Å². The number of carboxylic acid groups (broad SMARTS) is 1. The number of carbonyl (C=O) groups is 1. The summed E-state index contributed by atoms with van der Waals surface area (Å²) in [6.45, 7) is 0.0988. The highest BCUT2D eigenvalue weighted by atomic mass is 32.2. The minimum absolute atomic E-state index is 0.0935. The van der Waals surface area contributed by atoms with Crippen molar-refractivity contribution >= 4 is 26.8 Å². The molecule has 1 atom stereocenters. The molecule has 25 heavy (non-hydrogen) atoms. The molecule has 2 aromatic rings. The Hall–Kier alpha value is -1.96. The van der Waals surface area contributed by atoms with Crippen molar-refractivity contribution in [2.24, 2.45) is 0 Å². The fourth-order valence-corrected chi connectivity index (χ4v) is 5.18. The Balaban J connectivity index is 1.92. The number of piperidine rings is 1. The minimum Gasteiger partial charge on any atom is -0.480 e. The Morgan fingerprint density at radius 2 is 1.92 bits per heavy atom. The number of carboxylic acids is 1. The largest absolute Gasteiger partial charge is 0.480 e. The van der Waals surface area contributed by atoms with E-state index in [-0.39, 0.29) is 17.5 Å². The van der Waals surface area contributed by atoms with Gasteiger partial charge in [-0.1, -0.05) is 42.8 Å². The summed E-state index contributed by atoms with van der Waals surface area (Å²) in [7, 11) is -3.68. The van der Waals surface area contributed by atoms with Crippen molar-refractivity contribution in [3.8, 4) is 0 Å². The highest BCUT2D eigenvalue weighted by Crippen LogP contribution is 2.30. The quantitative estimate of drug-likeness (QED) is 0.852. The molecule has 1 N–H and O–H groups in total. The Labute approximate surface area is 147 Å². The third-order valence-electron chi connectivity index (χ3n) is 4.45. The van der Waals surface area contributed by atoms with Crippen LogP contribution in [0, 0.1) is 0 Å². The fourth-order valence-electron chi connectivity index (χ4n) is 3.29. The van der Waals surface area contributed by atoms with Crippen molar-refractivity contribution in [1.29, 1.82) is 0 Å². The van der Waals surface area contributed by atoms with E-state index in [1.807, 2.05) is 30.3 Å². The first kappa shape index (κ1) is 17.8. The maximum Gasteiger partial charge on any atom is 0.329 e. The molecular formula is C18H21NO5S. The van der Waals surface area contributed by atoms with Crippen molar-refractivity contribution < 1.29 is 23.1 Å². The van der Waals surface area contributed by atoms with Crippen LogP contribution in [0.5, 0.6) is 0 Å². The van der Waals surface area contributed by atoms with Gasteiger partial charge in [-0.25, -0.2) is 13.2 Å². The number of aliphatic carboxylic acids is 1. The van der Waals surface area contributed by atoms with Crippen LogP contribution in [-0.2, 0) is 19.6 Å². The normalized spacial score (nSPS) is 19.1. The van der Waals surface area contributed by atoms with Crippen LogP contribution in [0.25, 0.3) is 10.8 Å². The molecule has 0 amide bonds. The molecule has 134 valence electrons. The van der Waals surface area contributed by atoms with Gasteiger partial charge in [0.15, 0.2) is 0 Å². The van der Waals surface area contributed by atoms with Crippen molar-refractivity contribution in [1.82, 2.24) is 4.31 Å². The molecular weight excluding hydrogens is 342 g/mol. The summed E-state index contributed by atoms with van der Waals surface area (Å²) in [6, 6.07) is 12.3. The van der Waals surface area contributed by atoms with E-state index in [2.05, 4.69) is 0 Å². The SMILES string of the molecule is O=C(O)COCC1CCCCN1S(=O)(=O)c1cccc2ccccc12. The van der Waals surface area contributed by atoms with Gasteiger partial charge >= 0.3 is 5.97 Å². The lowest BCUT2D eigenvalue weighted by Crippen LogP contribution is -2.46. The molecule has 0 radical (unpaired) electrons. The lowest BCUT2D eigenvalue weighted by atomic mass is 10.1. The average Bonchev–Trinajstić information content (AvgIpc) is 2.61. The van der Waals surface area contributed by atoms with E-state index in [0.29, 0.717) is 18.4 Å². The number of hydrogen-bond acceptors (Lipinski definition) is 4. The number of ether oxygens (including phenoxy) is 1. The van der Waals surface area contributed by atoms with Crippen LogP contribution in [0.4, 0.5) is 0 Å². The molecule has 7 heteroatoms. The van der Waals surface area contributed by atoms with E-state index in [0.717, 1.165) is 18.2 Å². The molecule has 2 aromatic carbocycles. The molecule has 1 aliphatic rings. The highest BCUT2D eigenvalue weighted by molar-refractivity contribution is 7.89. The number of fused-ring (bicyclic) bond motifs is 1. The number of rotatable bonds is 6. The number of sulfonamides is 1. The summed E-state index contributed by atoms with van der Waals surface area (Å²) < 4.78 is 33.2. The first-order valence-corrected chi connectivity index (χ1v) is 9.73. The highest BCUT2D eigenvalue weighted by Gasteiger charge is 2.34. The summed E-state index contributed by atoms with van der Waals surface area (Å²) in [5.74, 6) is -1.06. The van der Waals surface area contributed by atoms with Crippen molar-refractivity contribution in [3.05, 3.63) is 42.5 Å². The molecule has 0 aliphatic carbocycles. The molecule has 1 aliphatic heterocycles. The molecule has 0 bridgehead atoms. The number of hydrogen-bond donors (Lipinski definition) is 1. The standard InChI is InChI=1S/C18H21NO5S/c20-18(21)13-24-12-15-8-3-4-11-19(15)25(22,23)17-10-5-7-14-6-1-2-9-16(14)17/h1-2,5-7,9-10,15H,3-4,8,11-13H2,(H,20,21). The molecule has 1 heterocycles. The molecule has 0 saturated carbocycles. The summed E-state index contributed by atoms with van der Waals surface area (Å²) in [6.07, 6.45) is 2.37. The second-order valence-electron chi connectivity index (χ2n) is 6.15. The van der Waals surface area contributed by atoms with Crippen LogP contribution < -0.4 is 0 Å². The van der Waals surface area contributed by atoms with Crippen LogP contribution in [0.3, 0.4) is 0 Å². The van der Waals surface area contributed by atoms with Crippen LogP contribution in [-0.4, -0.2) is 49.6 Å². The number of benzene rings is 2. The first-order chi connectivity index (χ1) is 12.0. The van der Waals surface area contributed by atoms with Gasteiger partial charge in [0.1, 0.15) is 6.61 Å². The van der Waals surface area contributed by atoms with E-state index >= 15 is 0 Å². The van der Waals surface area contributed by atoms with Crippen LogP contribution in [0.15, 0.2) is 47.4 Å². The van der Waals surface area contributed by atoms with Gasteiger partial charge in [-0.15, -0.1) is 0 Å². The van der Waals surface area contributed by atoms with Crippen molar-refractivity contribution in [2.75, 3.05) is 19.8 Å². The van der Waals surface area contributed by atoms with E-state index in [9.17, 15) is 13.2 Å². The third-order valence-corrected chi connectivity index (χ3v) is 6.46. The summed E-state index contributed by atoms with van der Waals surface area (Å²) in [5, 5.41) is 10.3. The van der Waals surface area contributed by atoms with Gasteiger partial charge in [0.25, 0.3) is 0 Å². The van der Waals surface area contributed by atoms with Crippen LogP contribution >= 0.6 is 0 Å². The molecule has 0 aromatic heterocycles. The average molecular weight is 363 g/mol. The first-order valence-electron chi connectivity index (χ1n) is 8.29. The minimum atomic E-state index is -3.68. The van der Waals surface area contributed by atoms with E-state index in [1.54, 1.807) is 12.1 Å². The second-order valence-corrected chi connectivity index (χ2v) is 8.01. The number of nitrogens with zero attached hydrogens (tertiary/aromatic N) is 1. The van der Waals surface area contributed by atoms with Gasteiger partial charge in [-0.05, 0) is 24.3 Å². The molecule has 3 rings (SSSR count). The molecule has 0 spiro atoms. The van der Waals surface area contributed by atoms with E-state index in [4.69, 9.17) is 9.84 Å². The van der Waals surface area contributed by atoms with E-state index < -0.39 is 22.6 Å². The summed E-state index contributed by atoms with van der Waals surface area (Å²) in [5.41, 5.74) is 0. The second kappa shape index (κ2) is 7.51. The smallest absolute Gasteiger partial charge is 0.329 e.